The first-order valence-electron chi connectivity index (χ1n) is 14.9. The number of nitrogens with zero attached hydrogens (tertiary/aromatic N) is 4. The van der Waals surface area contributed by atoms with Gasteiger partial charge in [0.2, 0.25) is 17.7 Å². The summed E-state index contributed by atoms with van der Waals surface area (Å²) in [5.74, 6) is 0.898. The molecular formula is C31H47N5O5. The molecule has 1 aromatic heterocycles. The van der Waals surface area contributed by atoms with E-state index in [4.69, 9.17) is 14.0 Å². The van der Waals surface area contributed by atoms with E-state index in [1.54, 1.807) is 46.4 Å². The number of amides is 2. The fourth-order valence-electron chi connectivity index (χ4n) is 4.62. The highest BCUT2D eigenvalue weighted by atomic mass is 16.6. The van der Waals surface area contributed by atoms with E-state index in [0.29, 0.717) is 24.7 Å². The van der Waals surface area contributed by atoms with E-state index < -0.39 is 23.4 Å². The average Bonchev–Trinajstić information content (AvgIpc) is 3.54. The van der Waals surface area contributed by atoms with E-state index in [2.05, 4.69) is 39.5 Å². The Morgan fingerprint density at radius 1 is 1.00 bits per heavy atom. The van der Waals surface area contributed by atoms with E-state index in [-0.39, 0.29) is 12.0 Å². The highest BCUT2D eigenvalue weighted by Crippen LogP contribution is 2.32. The highest BCUT2D eigenvalue weighted by molar-refractivity contribution is 5.99. The summed E-state index contributed by atoms with van der Waals surface area (Å²) in [6.07, 6.45) is 8.63. The molecule has 1 N–H and O–H groups in total. The summed E-state index contributed by atoms with van der Waals surface area (Å²) >= 11 is 0. The molecule has 41 heavy (non-hydrogen) atoms. The van der Waals surface area contributed by atoms with Gasteiger partial charge < -0.3 is 18.9 Å². The van der Waals surface area contributed by atoms with Crippen molar-refractivity contribution in [3.05, 3.63) is 35.7 Å². The number of aliphatic imine (C=N–C) groups is 1. The van der Waals surface area contributed by atoms with Crippen LogP contribution in [0, 0.1) is 0 Å². The zero-order chi connectivity index (χ0) is 30.0. The third-order valence-electron chi connectivity index (χ3n) is 6.49. The molecule has 3 rings (SSSR count). The van der Waals surface area contributed by atoms with Crippen LogP contribution in [0.5, 0.6) is 0 Å². The van der Waals surface area contributed by atoms with Crippen molar-refractivity contribution in [2.75, 3.05) is 6.54 Å². The number of likely N-dealkylation sites (tertiary alicyclic amines) is 1. The van der Waals surface area contributed by atoms with E-state index >= 15 is 0 Å². The Balaban J connectivity index is 1.72. The van der Waals surface area contributed by atoms with Gasteiger partial charge in [-0.05, 0) is 72.8 Å². The van der Waals surface area contributed by atoms with Crippen LogP contribution in [0.25, 0.3) is 11.4 Å². The summed E-state index contributed by atoms with van der Waals surface area (Å²) in [5.41, 5.74) is 0.696. The molecule has 2 amide bonds. The van der Waals surface area contributed by atoms with Crippen molar-refractivity contribution < 1.29 is 23.6 Å². The van der Waals surface area contributed by atoms with Crippen molar-refractivity contribution >= 4 is 18.1 Å². The van der Waals surface area contributed by atoms with Crippen molar-refractivity contribution in [1.82, 2.24) is 20.4 Å². The quantitative estimate of drug-likeness (QED) is 0.186. The molecule has 2 heterocycles. The SMILES string of the molecule is CCCCCCCCc1ccc(-c2noc([C@@H]3CCCN3C(=NC(=O)OC(C)(C)C)NC(=O)OC(C)(C)C)n2)cc1. The predicted molar refractivity (Wildman–Crippen MR) is 159 cm³/mol. The molecule has 0 saturated carbocycles. The van der Waals surface area contributed by atoms with Gasteiger partial charge in [-0.2, -0.15) is 4.98 Å². The van der Waals surface area contributed by atoms with Gasteiger partial charge in [0.25, 0.3) is 0 Å². The van der Waals surface area contributed by atoms with Crippen molar-refractivity contribution in [2.24, 2.45) is 4.99 Å². The number of aryl methyl sites for hydroxylation is 1. The van der Waals surface area contributed by atoms with Crippen LogP contribution in [0.3, 0.4) is 0 Å². The minimum atomic E-state index is -0.818. The lowest BCUT2D eigenvalue weighted by Gasteiger charge is -2.27. The lowest BCUT2D eigenvalue weighted by molar-refractivity contribution is 0.0553. The number of carbonyl (C=O) groups excluding carboxylic acids is 2. The minimum absolute atomic E-state index is 0.0230. The number of rotatable bonds is 9. The zero-order valence-corrected chi connectivity index (χ0v) is 25.8. The van der Waals surface area contributed by atoms with E-state index in [9.17, 15) is 9.59 Å². The topological polar surface area (TPSA) is 119 Å². The summed E-state index contributed by atoms with van der Waals surface area (Å²) in [4.78, 5) is 35.8. The van der Waals surface area contributed by atoms with Gasteiger partial charge in [0.05, 0.1) is 0 Å². The fourth-order valence-corrected chi connectivity index (χ4v) is 4.62. The molecule has 10 heteroatoms. The largest absolute Gasteiger partial charge is 0.444 e. The number of aromatic nitrogens is 2. The third kappa shape index (κ3) is 10.8. The van der Waals surface area contributed by atoms with Crippen LogP contribution in [-0.4, -0.2) is 50.9 Å². The molecule has 0 radical (unpaired) electrons. The summed E-state index contributed by atoms with van der Waals surface area (Å²) in [5, 5.41) is 6.85. The van der Waals surface area contributed by atoms with Gasteiger partial charge in [-0.3, -0.25) is 5.32 Å². The van der Waals surface area contributed by atoms with Crippen LogP contribution in [-0.2, 0) is 15.9 Å². The second-order valence-electron chi connectivity index (χ2n) is 12.6. The third-order valence-corrected chi connectivity index (χ3v) is 6.49. The average molecular weight is 570 g/mol. The maximum atomic E-state index is 12.6. The van der Waals surface area contributed by atoms with Crippen molar-refractivity contribution in [1.29, 1.82) is 0 Å². The molecule has 1 aliphatic heterocycles. The lowest BCUT2D eigenvalue weighted by Crippen LogP contribution is -2.46. The van der Waals surface area contributed by atoms with Crippen LogP contribution in [0.1, 0.15) is 117 Å². The molecule has 0 bridgehead atoms. The van der Waals surface area contributed by atoms with Crippen LogP contribution < -0.4 is 5.32 Å². The van der Waals surface area contributed by atoms with E-state index in [0.717, 1.165) is 18.4 Å². The maximum absolute atomic E-state index is 12.6. The monoisotopic (exact) mass is 569 g/mol. The molecule has 1 atom stereocenters. The Morgan fingerprint density at radius 3 is 2.32 bits per heavy atom. The molecule has 0 spiro atoms. The molecular weight excluding hydrogens is 522 g/mol. The number of guanidine groups is 1. The molecule has 2 aromatic rings. The van der Waals surface area contributed by atoms with Gasteiger partial charge >= 0.3 is 12.2 Å². The molecule has 1 aliphatic rings. The Kier molecular flexibility index (Phi) is 11.3. The van der Waals surface area contributed by atoms with Crippen LogP contribution in [0.4, 0.5) is 9.59 Å². The van der Waals surface area contributed by atoms with Crippen LogP contribution >= 0.6 is 0 Å². The van der Waals surface area contributed by atoms with Gasteiger partial charge in [0.15, 0.2) is 0 Å². The fraction of sp³-hybridized carbons (Fsp3) is 0.645. The number of alkyl carbamates (subject to hydrolysis) is 1. The van der Waals surface area contributed by atoms with Crippen molar-refractivity contribution in [3.8, 4) is 11.4 Å². The summed E-state index contributed by atoms with van der Waals surface area (Å²) in [7, 11) is 0. The molecule has 0 unspecified atom stereocenters. The summed E-state index contributed by atoms with van der Waals surface area (Å²) in [6.45, 7) is 13.3. The molecule has 0 aliphatic carbocycles. The minimum Gasteiger partial charge on any atom is -0.444 e. The summed E-state index contributed by atoms with van der Waals surface area (Å²) < 4.78 is 16.5. The first-order chi connectivity index (χ1) is 19.3. The van der Waals surface area contributed by atoms with E-state index in [1.807, 2.05) is 12.1 Å². The second kappa shape index (κ2) is 14.5. The smallest absolute Gasteiger partial charge is 0.437 e. The lowest BCUT2D eigenvalue weighted by atomic mass is 10.0. The normalized spacial score (nSPS) is 16.1. The molecule has 1 fully saturated rings. The second-order valence-corrected chi connectivity index (χ2v) is 12.6. The first-order valence-corrected chi connectivity index (χ1v) is 14.9. The molecule has 1 aromatic carbocycles. The number of unbranched alkanes of at least 4 members (excludes halogenated alkanes) is 5. The van der Waals surface area contributed by atoms with Crippen molar-refractivity contribution in [2.45, 2.75) is 123 Å². The Bertz CT molecular complexity index is 1160. The Labute approximate surface area is 244 Å². The van der Waals surface area contributed by atoms with Crippen LogP contribution in [0.2, 0.25) is 0 Å². The molecule has 1 saturated heterocycles. The maximum Gasteiger partial charge on any atom is 0.437 e. The number of ether oxygens (including phenoxy) is 2. The first kappa shape index (κ1) is 32.1. The number of carbonyl (C=O) groups is 2. The number of hydrogen-bond acceptors (Lipinski definition) is 7. The standard InChI is InChI=1S/C31H47N5O5/c1-8-9-10-11-12-13-15-22-17-19-23(20-18-22)25-32-26(41-35-25)24-16-14-21-36(24)27(33-28(37)39-30(2,3)4)34-29(38)40-31(5,6)7/h17-20,24H,8-16,21H2,1-7H3,(H,33,34,37,38)/t24-/m0/s1. The van der Waals surface area contributed by atoms with Gasteiger partial charge in [0.1, 0.15) is 17.2 Å². The Morgan fingerprint density at radius 2 is 1.66 bits per heavy atom. The summed E-state index contributed by atoms with van der Waals surface area (Å²) in [6, 6.07) is 7.91. The van der Waals surface area contributed by atoms with E-state index in [1.165, 1.54) is 44.1 Å². The number of benzene rings is 1. The predicted octanol–water partition coefficient (Wildman–Crippen LogP) is 7.59. The van der Waals surface area contributed by atoms with Gasteiger partial charge in [-0.1, -0.05) is 68.4 Å². The number of hydrogen-bond donors (Lipinski definition) is 1. The van der Waals surface area contributed by atoms with Gasteiger partial charge in [-0.25, -0.2) is 9.59 Å². The number of nitrogens with one attached hydrogen (secondary N) is 1. The molecule has 10 nitrogen and oxygen atoms in total. The Hall–Kier alpha value is -3.43. The van der Waals surface area contributed by atoms with Gasteiger partial charge in [0, 0.05) is 12.1 Å². The van der Waals surface area contributed by atoms with Crippen molar-refractivity contribution in [3.63, 3.8) is 0 Å². The molecule has 226 valence electrons. The highest BCUT2D eigenvalue weighted by Gasteiger charge is 2.35. The van der Waals surface area contributed by atoms with Gasteiger partial charge in [-0.15, -0.1) is 4.99 Å². The zero-order valence-electron chi connectivity index (χ0n) is 25.8. The van der Waals surface area contributed by atoms with Crippen LogP contribution in [0.15, 0.2) is 33.8 Å².